The van der Waals surface area contributed by atoms with E-state index in [1.54, 1.807) is 6.07 Å². The highest BCUT2D eigenvalue weighted by Gasteiger charge is 2.14. The Morgan fingerprint density at radius 1 is 1.28 bits per heavy atom. The average molecular weight is 266 g/mol. The molecule has 0 aliphatic rings. The second kappa shape index (κ2) is 5.09. The maximum absolute atomic E-state index is 13.7. The van der Waals surface area contributed by atoms with E-state index in [1.807, 2.05) is 0 Å². The van der Waals surface area contributed by atoms with Gasteiger partial charge in [0.05, 0.1) is 4.90 Å². The molecule has 18 heavy (non-hydrogen) atoms. The molecule has 0 amide bonds. The van der Waals surface area contributed by atoms with Gasteiger partial charge in [-0.1, -0.05) is 11.8 Å². The van der Waals surface area contributed by atoms with E-state index >= 15 is 0 Å². The Morgan fingerprint density at radius 2 is 1.94 bits per heavy atom. The van der Waals surface area contributed by atoms with Gasteiger partial charge in [0.1, 0.15) is 28.8 Å². The SMILES string of the molecule is N=C(N)c1cc(F)c(Sc2ccncn2)c(F)c1. The molecule has 4 nitrogen and oxygen atoms in total. The molecular formula is C11H8F2N4S. The monoisotopic (exact) mass is 266 g/mol. The van der Waals surface area contributed by atoms with Crippen molar-refractivity contribution in [2.45, 2.75) is 9.92 Å². The summed E-state index contributed by atoms with van der Waals surface area (Å²) in [6.45, 7) is 0. The summed E-state index contributed by atoms with van der Waals surface area (Å²) in [4.78, 5) is 7.40. The van der Waals surface area contributed by atoms with Crippen molar-refractivity contribution in [1.29, 1.82) is 5.41 Å². The molecule has 0 aliphatic carbocycles. The smallest absolute Gasteiger partial charge is 0.140 e. The molecule has 0 fully saturated rings. The van der Waals surface area contributed by atoms with E-state index in [1.165, 1.54) is 12.5 Å². The van der Waals surface area contributed by atoms with E-state index in [0.29, 0.717) is 5.03 Å². The summed E-state index contributed by atoms with van der Waals surface area (Å²) >= 11 is 0.849. The topological polar surface area (TPSA) is 75.7 Å². The van der Waals surface area contributed by atoms with Gasteiger partial charge in [-0.15, -0.1) is 0 Å². The predicted octanol–water partition coefficient (Wildman–Crippen LogP) is 2.19. The minimum Gasteiger partial charge on any atom is -0.384 e. The molecule has 1 aromatic heterocycles. The van der Waals surface area contributed by atoms with Gasteiger partial charge in [-0.2, -0.15) is 0 Å². The highest BCUT2D eigenvalue weighted by molar-refractivity contribution is 7.99. The highest BCUT2D eigenvalue weighted by atomic mass is 32.2. The van der Waals surface area contributed by atoms with E-state index in [-0.39, 0.29) is 16.3 Å². The van der Waals surface area contributed by atoms with Crippen LogP contribution in [0.1, 0.15) is 5.56 Å². The first-order chi connectivity index (χ1) is 8.58. The van der Waals surface area contributed by atoms with Crippen molar-refractivity contribution in [1.82, 2.24) is 9.97 Å². The molecule has 0 saturated heterocycles. The van der Waals surface area contributed by atoms with E-state index in [2.05, 4.69) is 9.97 Å². The Morgan fingerprint density at radius 3 is 2.44 bits per heavy atom. The van der Waals surface area contributed by atoms with Crippen molar-refractivity contribution in [3.05, 3.63) is 47.9 Å². The lowest BCUT2D eigenvalue weighted by atomic mass is 10.2. The highest BCUT2D eigenvalue weighted by Crippen LogP contribution is 2.31. The molecule has 7 heteroatoms. The number of nitrogens with two attached hydrogens (primary N) is 1. The number of nitrogen functional groups attached to an aromatic ring is 1. The van der Waals surface area contributed by atoms with Crippen LogP contribution in [0.5, 0.6) is 0 Å². The summed E-state index contributed by atoms with van der Waals surface area (Å²) in [6.07, 6.45) is 2.77. The number of nitrogens with one attached hydrogen (secondary N) is 1. The van der Waals surface area contributed by atoms with Crippen molar-refractivity contribution < 1.29 is 8.78 Å². The molecule has 3 N–H and O–H groups in total. The van der Waals surface area contributed by atoms with Crippen LogP contribution in [0.3, 0.4) is 0 Å². The van der Waals surface area contributed by atoms with Crippen LogP contribution in [-0.2, 0) is 0 Å². The number of benzene rings is 1. The summed E-state index contributed by atoms with van der Waals surface area (Å²) in [7, 11) is 0. The lowest BCUT2D eigenvalue weighted by Gasteiger charge is -2.06. The molecule has 0 aliphatic heterocycles. The van der Waals surface area contributed by atoms with Crippen LogP contribution in [0, 0.1) is 17.0 Å². The number of nitrogens with zero attached hydrogens (tertiary/aromatic N) is 2. The maximum Gasteiger partial charge on any atom is 0.140 e. The normalized spacial score (nSPS) is 10.3. The first kappa shape index (κ1) is 12.4. The van der Waals surface area contributed by atoms with E-state index in [9.17, 15) is 8.78 Å². The lowest BCUT2D eigenvalue weighted by molar-refractivity contribution is 0.540. The van der Waals surface area contributed by atoms with Crippen LogP contribution in [0.2, 0.25) is 0 Å². The quantitative estimate of drug-likeness (QED) is 0.507. The number of hydrogen-bond donors (Lipinski definition) is 2. The Labute approximate surface area is 106 Å². The molecule has 92 valence electrons. The standard InChI is InChI=1S/C11H8F2N4S/c12-7-3-6(11(14)15)4-8(13)10(7)18-9-1-2-16-5-17-9/h1-5H,(H3,14,15). The molecule has 0 bridgehead atoms. The van der Waals surface area contributed by atoms with Crippen LogP contribution >= 0.6 is 11.8 Å². The number of aromatic nitrogens is 2. The first-order valence-electron chi connectivity index (χ1n) is 4.85. The third-order valence-corrected chi connectivity index (χ3v) is 3.12. The fourth-order valence-corrected chi connectivity index (χ4v) is 2.01. The molecule has 0 spiro atoms. The van der Waals surface area contributed by atoms with E-state index < -0.39 is 11.6 Å². The number of halogens is 2. The summed E-state index contributed by atoms with van der Waals surface area (Å²) in [5.74, 6) is -1.93. The molecule has 0 unspecified atom stereocenters. The second-order valence-electron chi connectivity index (χ2n) is 3.33. The number of amidine groups is 1. The van der Waals surface area contributed by atoms with Gasteiger partial charge in [-0.25, -0.2) is 18.7 Å². The van der Waals surface area contributed by atoms with Gasteiger partial charge in [0.25, 0.3) is 0 Å². The molecule has 1 heterocycles. The van der Waals surface area contributed by atoms with Gasteiger partial charge in [-0.05, 0) is 18.2 Å². The largest absolute Gasteiger partial charge is 0.384 e. The van der Waals surface area contributed by atoms with Crippen LogP contribution in [-0.4, -0.2) is 15.8 Å². The molecule has 2 aromatic rings. The zero-order valence-electron chi connectivity index (χ0n) is 9.02. The van der Waals surface area contributed by atoms with Crippen molar-refractivity contribution in [2.75, 3.05) is 0 Å². The van der Waals surface area contributed by atoms with Crippen molar-refractivity contribution in [3.63, 3.8) is 0 Å². The minimum absolute atomic E-state index is 0.0111. The molecule has 0 atom stereocenters. The Kier molecular flexibility index (Phi) is 3.52. The fourth-order valence-electron chi connectivity index (χ4n) is 1.26. The fraction of sp³-hybridized carbons (Fsp3) is 0. The van der Waals surface area contributed by atoms with Crippen molar-refractivity contribution in [3.8, 4) is 0 Å². The van der Waals surface area contributed by atoms with Gasteiger partial charge in [0.15, 0.2) is 0 Å². The average Bonchev–Trinajstić information content (AvgIpc) is 2.34. The van der Waals surface area contributed by atoms with Crippen LogP contribution in [0.25, 0.3) is 0 Å². The van der Waals surface area contributed by atoms with Crippen LogP contribution in [0.4, 0.5) is 8.78 Å². The summed E-state index contributed by atoms with van der Waals surface area (Å²) in [5.41, 5.74) is 5.19. The van der Waals surface area contributed by atoms with Gasteiger partial charge in [0.2, 0.25) is 0 Å². The molecule has 2 rings (SSSR count). The molecule has 1 aromatic carbocycles. The zero-order valence-corrected chi connectivity index (χ0v) is 9.84. The Bertz CT molecular complexity index is 566. The Hall–Kier alpha value is -2.02. The molecule has 0 radical (unpaired) electrons. The van der Waals surface area contributed by atoms with Crippen LogP contribution < -0.4 is 5.73 Å². The minimum atomic E-state index is -0.774. The molecular weight excluding hydrogens is 258 g/mol. The third kappa shape index (κ3) is 2.62. The zero-order chi connectivity index (χ0) is 13.1. The number of rotatable bonds is 3. The maximum atomic E-state index is 13.7. The van der Waals surface area contributed by atoms with Gasteiger partial charge in [0, 0.05) is 11.8 Å². The van der Waals surface area contributed by atoms with Crippen LogP contribution in [0.15, 0.2) is 40.6 Å². The van der Waals surface area contributed by atoms with Gasteiger partial charge in [-0.3, -0.25) is 5.41 Å². The second-order valence-corrected chi connectivity index (χ2v) is 4.36. The lowest BCUT2D eigenvalue weighted by Crippen LogP contribution is -2.12. The van der Waals surface area contributed by atoms with Gasteiger partial charge < -0.3 is 5.73 Å². The van der Waals surface area contributed by atoms with Crippen molar-refractivity contribution >= 4 is 17.6 Å². The van der Waals surface area contributed by atoms with Gasteiger partial charge >= 0.3 is 0 Å². The van der Waals surface area contributed by atoms with Crippen molar-refractivity contribution in [2.24, 2.45) is 5.73 Å². The summed E-state index contributed by atoms with van der Waals surface area (Å²) < 4.78 is 27.4. The summed E-state index contributed by atoms with van der Waals surface area (Å²) in [5, 5.41) is 7.57. The van der Waals surface area contributed by atoms with E-state index in [0.717, 1.165) is 23.9 Å². The summed E-state index contributed by atoms with van der Waals surface area (Å²) in [6, 6.07) is 3.59. The third-order valence-electron chi connectivity index (χ3n) is 2.07. The number of hydrogen-bond acceptors (Lipinski definition) is 4. The van der Waals surface area contributed by atoms with E-state index in [4.69, 9.17) is 11.1 Å². The predicted molar refractivity (Wildman–Crippen MR) is 63.5 cm³/mol. The molecule has 0 saturated carbocycles. The Balaban J connectivity index is 2.37. The first-order valence-corrected chi connectivity index (χ1v) is 5.67.